The predicted octanol–water partition coefficient (Wildman–Crippen LogP) is 2.70. The summed E-state index contributed by atoms with van der Waals surface area (Å²) >= 11 is 0. The van der Waals surface area contributed by atoms with Gasteiger partial charge < -0.3 is 14.6 Å². The van der Waals surface area contributed by atoms with Crippen LogP contribution in [0.2, 0.25) is 0 Å². The standard InChI is InChI=1S/C16H19N3O/c1-12(18-2)15-6-7-19(11-15)10-13-4-5-14(9-17)16(8-13)20-3/h4-8,11-12,18H,10H2,1-3H3. The van der Waals surface area contributed by atoms with Crippen molar-refractivity contribution in [2.24, 2.45) is 0 Å². The van der Waals surface area contributed by atoms with E-state index in [2.05, 4.69) is 41.3 Å². The molecule has 0 spiro atoms. The van der Waals surface area contributed by atoms with E-state index in [0.29, 0.717) is 17.4 Å². The molecule has 20 heavy (non-hydrogen) atoms. The van der Waals surface area contributed by atoms with Crippen molar-refractivity contribution >= 4 is 0 Å². The van der Waals surface area contributed by atoms with E-state index in [-0.39, 0.29) is 0 Å². The Labute approximate surface area is 119 Å². The highest BCUT2D eigenvalue weighted by molar-refractivity contribution is 5.45. The molecule has 2 aromatic rings. The Morgan fingerprint density at radius 2 is 2.20 bits per heavy atom. The van der Waals surface area contributed by atoms with E-state index in [0.717, 1.165) is 12.1 Å². The summed E-state index contributed by atoms with van der Waals surface area (Å²) in [6, 6.07) is 10.3. The Balaban J connectivity index is 2.18. The molecule has 0 fully saturated rings. The first kappa shape index (κ1) is 14.2. The molecule has 104 valence electrons. The van der Waals surface area contributed by atoms with Crippen LogP contribution in [-0.2, 0) is 6.54 Å². The molecule has 4 heteroatoms. The van der Waals surface area contributed by atoms with Crippen molar-refractivity contribution in [1.82, 2.24) is 9.88 Å². The second-order valence-corrected chi connectivity index (χ2v) is 4.77. The molecule has 4 nitrogen and oxygen atoms in total. The minimum absolute atomic E-state index is 0.340. The molecule has 0 aliphatic rings. The minimum atomic E-state index is 0.340. The number of hydrogen-bond donors (Lipinski definition) is 1. The largest absolute Gasteiger partial charge is 0.495 e. The topological polar surface area (TPSA) is 50.0 Å². The number of aromatic nitrogens is 1. The van der Waals surface area contributed by atoms with Crippen LogP contribution in [0, 0.1) is 11.3 Å². The third-order valence-electron chi connectivity index (χ3n) is 3.46. The van der Waals surface area contributed by atoms with Crippen molar-refractivity contribution in [3.05, 3.63) is 53.3 Å². The van der Waals surface area contributed by atoms with Crippen LogP contribution in [0.4, 0.5) is 0 Å². The van der Waals surface area contributed by atoms with Gasteiger partial charge in [0.1, 0.15) is 11.8 Å². The fourth-order valence-electron chi connectivity index (χ4n) is 2.12. The Kier molecular flexibility index (Phi) is 4.44. The van der Waals surface area contributed by atoms with Gasteiger partial charge in [-0.2, -0.15) is 5.26 Å². The Bertz CT molecular complexity index is 625. The van der Waals surface area contributed by atoms with Crippen LogP contribution in [0.5, 0.6) is 5.75 Å². The number of hydrogen-bond acceptors (Lipinski definition) is 3. The summed E-state index contributed by atoms with van der Waals surface area (Å²) in [7, 11) is 3.54. The van der Waals surface area contributed by atoms with E-state index in [4.69, 9.17) is 10.00 Å². The van der Waals surface area contributed by atoms with Crippen LogP contribution in [0.25, 0.3) is 0 Å². The van der Waals surface area contributed by atoms with Gasteiger partial charge in [0, 0.05) is 25.0 Å². The molecule has 0 amide bonds. The fourth-order valence-corrected chi connectivity index (χ4v) is 2.12. The predicted molar refractivity (Wildman–Crippen MR) is 78.7 cm³/mol. The van der Waals surface area contributed by atoms with E-state index in [9.17, 15) is 0 Å². The van der Waals surface area contributed by atoms with Crippen LogP contribution in [0.1, 0.15) is 29.7 Å². The van der Waals surface area contributed by atoms with Crippen molar-refractivity contribution < 1.29 is 4.74 Å². The lowest BCUT2D eigenvalue weighted by Gasteiger charge is -2.09. The molecular weight excluding hydrogens is 250 g/mol. The van der Waals surface area contributed by atoms with Crippen molar-refractivity contribution in [2.75, 3.05) is 14.2 Å². The summed E-state index contributed by atoms with van der Waals surface area (Å²) in [5.74, 6) is 0.626. The zero-order chi connectivity index (χ0) is 14.5. The van der Waals surface area contributed by atoms with Gasteiger partial charge in [0.25, 0.3) is 0 Å². The van der Waals surface area contributed by atoms with Crippen LogP contribution < -0.4 is 10.1 Å². The highest BCUT2D eigenvalue weighted by Crippen LogP contribution is 2.20. The Morgan fingerprint density at radius 3 is 2.85 bits per heavy atom. The molecule has 1 atom stereocenters. The summed E-state index contributed by atoms with van der Waals surface area (Å²) in [5, 5.41) is 12.2. The van der Waals surface area contributed by atoms with Gasteiger partial charge in [-0.25, -0.2) is 0 Å². The first-order valence-electron chi connectivity index (χ1n) is 6.58. The maximum atomic E-state index is 8.98. The lowest BCUT2D eigenvalue weighted by Crippen LogP contribution is -2.11. The van der Waals surface area contributed by atoms with Crippen molar-refractivity contribution in [3.8, 4) is 11.8 Å². The summed E-state index contributed by atoms with van der Waals surface area (Å²) in [5.41, 5.74) is 2.93. The van der Waals surface area contributed by atoms with Crippen LogP contribution >= 0.6 is 0 Å². The van der Waals surface area contributed by atoms with Crippen molar-refractivity contribution in [1.29, 1.82) is 5.26 Å². The number of rotatable bonds is 5. The Hall–Kier alpha value is -2.25. The molecule has 1 aromatic carbocycles. The normalized spacial score (nSPS) is 11.9. The molecule has 0 aliphatic heterocycles. The van der Waals surface area contributed by atoms with Gasteiger partial charge in [-0.15, -0.1) is 0 Å². The average Bonchev–Trinajstić information content (AvgIpc) is 2.94. The molecule has 2 rings (SSSR count). The second kappa shape index (κ2) is 6.27. The van der Waals surface area contributed by atoms with Gasteiger partial charge in [-0.3, -0.25) is 0 Å². The van der Waals surface area contributed by atoms with Crippen molar-refractivity contribution in [3.63, 3.8) is 0 Å². The maximum absolute atomic E-state index is 8.98. The Morgan fingerprint density at radius 1 is 1.40 bits per heavy atom. The molecule has 1 N–H and O–H groups in total. The van der Waals surface area contributed by atoms with E-state index >= 15 is 0 Å². The molecule has 0 radical (unpaired) electrons. The third-order valence-corrected chi connectivity index (χ3v) is 3.46. The van der Waals surface area contributed by atoms with Crippen LogP contribution in [-0.4, -0.2) is 18.7 Å². The SMILES string of the molecule is CNC(C)c1ccn(Cc2ccc(C#N)c(OC)c2)c1. The van der Waals surface area contributed by atoms with E-state index < -0.39 is 0 Å². The smallest absolute Gasteiger partial charge is 0.136 e. The molecule has 0 bridgehead atoms. The average molecular weight is 269 g/mol. The van der Waals surface area contributed by atoms with Gasteiger partial charge in [0.2, 0.25) is 0 Å². The molecule has 0 saturated heterocycles. The van der Waals surface area contributed by atoms with Gasteiger partial charge in [0.05, 0.1) is 12.7 Å². The van der Waals surface area contributed by atoms with Crippen LogP contribution in [0.3, 0.4) is 0 Å². The fraction of sp³-hybridized carbons (Fsp3) is 0.312. The highest BCUT2D eigenvalue weighted by Gasteiger charge is 2.06. The number of nitriles is 1. The first-order chi connectivity index (χ1) is 9.67. The molecule has 1 aromatic heterocycles. The van der Waals surface area contributed by atoms with Crippen LogP contribution in [0.15, 0.2) is 36.7 Å². The highest BCUT2D eigenvalue weighted by atomic mass is 16.5. The lowest BCUT2D eigenvalue weighted by atomic mass is 10.1. The zero-order valence-corrected chi connectivity index (χ0v) is 12.1. The van der Waals surface area contributed by atoms with Crippen molar-refractivity contribution in [2.45, 2.75) is 19.5 Å². The number of methoxy groups -OCH3 is 1. The summed E-state index contributed by atoms with van der Waals surface area (Å²) in [6.07, 6.45) is 4.19. The van der Waals surface area contributed by atoms with Gasteiger partial charge >= 0.3 is 0 Å². The van der Waals surface area contributed by atoms with Gasteiger partial charge in [-0.05, 0) is 43.3 Å². The molecule has 1 unspecified atom stereocenters. The third kappa shape index (κ3) is 3.01. The summed E-state index contributed by atoms with van der Waals surface area (Å²) in [6.45, 7) is 2.89. The monoisotopic (exact) mass is 269 g/mol. The molecular formula is C16H19N3O. The first-order valence-corrected chi connectivity index (χ1v) is 6.58. The zero-order valence-electron chi connectivity index (χ0n) is 12.1. The van der Waals surface area contributed by atoms with E-state index in [1.165, 1.54) is 5.56 Å². The molecule has 0 saturated carbocycles. The molecule has 1 heterocycles. The second-order valence-electron chi connectivity index (χ2n) is 4.77. The summed E-state index contributed by atoms with van der Waals surface area (Å²) < 4.78 is 7.36. The molecule has 0 aliphatic carbocycles. The number of nitrogens with one attached hydrogen (secondary N) is 1. The summed E-state index contributed by atoms with van der Waals surface area (Å²) in [4.78, 5) is 0. The van der Waals surface area contributed by atoms with E-state index in [1.54, 1.807) is 13.2 Å². The van der Waals surface area contributed by atoms with E-state index in [1.807, 2.05) is 19.2 Å². The quantitative estimate of drug-likeness (QED) is 0.908. The maximum Gasteiger partial charge on any atom is 0.136 e. The number of benzene rings is 1. The minimum Gasteiger partial charge on any atom is -0.495 e. The number of nitrogens with zero attached hydrogens (tertiary/aromatic N) is 2. The van der Waals surface area contributed by atoms with Gasteiger partial charge in [-0.1, -0.05) is 6.07 Å². The van der Waals surface area contributed by atoms with Gasteiger partial charge in [0.15, 0.2) is 0 Å². The number of ether oxygens (including phenoxy) is 1. The lowest BCUT2D eigenvalue weighted by molar-refractivity contribution is 0.413.